The number of likely N-dealkylation sites (N-methyl/N-ethyl adjacent to an activating group) is 1. The van der Waals surface area contributed by atoms with E-state index in [1.54, 1.807) is 6.07 Å². The van der Waals surface area contributed by atoms with Crippen LogP contribution in [-0.4, -0.2) is 38.3 Å². The number of aromatic nitrogens is 2. The van der Waals surface area contributed by atoms with E-state index in [1.807, 2.05) is 83.8 Å². The van der Waals surface area contributed by atoms with Crippen molar-refractivity contribution >= 4 is 21.5 Å². The van der Waals surface area contributed by atoms with Crippen molar-refractivity contribution < 1.29 is 9.84 Å². The van der Waals surface area contributed by atoms with Crippen LogP contribution in [0, 0.1) is 0 Å². The van der Waals surface area contributed by atoms with Gasteiger partial charge in [0, 0.05) is 43.2 Å². The van der Waals surface area contributed by atoms with Crippen LogP contribution in [0.4, 0.5) is 0 Å². The smallest absolute Gasteiger partial charge is 0.149 e. The number of phenolic OH excluding ortho intramolecular Hbond substituents is 1. The van der Waals surface area contributed by atoms with Crippen LogP contribution in [0.1, 0.15) is 16.7 Å². The van der Waals surface area contributed by atoms with Gasteiger partial charge in [-0.05, 0) is 86.2 Å². The molecule has 9 aromatic rings. The molecule has 0 bridgehead atoms. The van der Waals surface area contributed by atoms with Crippen molar-refractivity contribution in [2.45, 2.75) is 19.6 Å². The van der Waals surface area contributed by atoms with Gasteiger partial charge in [-0.1, -0.05) is 146 Å². The third-order valence-corrected chi connectivity index (χ3v) is 11.4. The zero-order valence-corrected chi connectivity index (χ0v) is 34.4. The Morgan fingerprint density at radius 1 is 0.613 bits per heavy atom. The molecular formula is C54H45N6O2. The number of phenols is 1. The van der Waals surface area contributed by atoms with Gasteiger partial charge in [0.05, 0.1) is 29.2 Å². The van der Waals surface area contributed by atoms with Gasteiger partial charge in [-0.3, -0.25) is 14.6 Å². The van der Waals surface area contributed by atoms with E-state index in [0.717, 1.165) is 45.2 Å². The molecule has 1 aliphatic heterocycles. The molecule has 8 aromatic carbocycles. The molecule has 1 aromatic heterocycles. The van der Waals surface area contributed by atoms with Gasteiger partial charge in [0.1, 0.15) is 23.9 Å². The number of ether oxygens (including phenoxy) is 1. The first kappa shape index (κ1) is 38.5. The average Bonchev–Trinajstić information content (AvgIpc) is 3.89. The molecule has 10 rings (SSSR count). The summed E-state index contributed by atoms with van der Waals surface area (Å²) in [5, 5.41) is 23.5. The van der Waals surface area contributed by atoms with Gasteiger partial charge in [0.15, 0.2) is 0 Å². The zero-order valence-electron chi connectivity index (χ0n) is 34.4. The molecule has 1 aliphatic rings. The number of para-hydroxylation sites is 1. The summed E-state index contributed by atoms with van der Waals surface area (Å²) in [5.74, 6) is 1.67. The van der Waals surface area contributed by atoms with Crippen molar-refractivity contribution in [3.8, 4) is 51.1 Å². The number of fused-ring (bicyclic) bond motifs is 2. The third kappa shape index (κ3) is 7.88. The van der Waals surface area contributed by atoms with E-state index >= 15 is 0 Å². The Bertz CT molecular complexity index is 2960. The Kier molecular flexibility index (Phi) is 10.7. The van der Waals surface area contributed by atoms with Gasteiger partial charge in [-0.2, -0.15) is 0 Å². The lowest BCUT2D eigenvalue weighted by molar-refractivity contribution is 0.130. The minimum absolute atomic E-state index is 0.182. The predicted molar refractivity (Wildman–Crippen MR) is 249 cm³/mol. The van der Waals surface area contributed by atoms with Crippen molar-refractivity contribution in [3.63, 3.8) is 0 Å². The molecule has 0 aliphatic carbocycles. The normalized spacial score (nSPS) is 12.6. The van der Waals surface area contributed by atoms with Crippen LogP contribution in [-0.2, 0) is 19.6 Å². The molecule has 8 heteroatoms. The summed E-state index contributed by atoms with van der Waals surface area (Å²) in [5.41, 5.74) is 14.9. The summed E-state index contributed by atoms with van der Waals surface area (Å²) >= 11 is 0. The summed E-state index contributed by atoms with van der Waals surface area (Å²) in [6.07, 6.45) is 2.08. The summed E-state index contributed by atoms with van der Waals surface area (Å²) in [7, 11) is 1.97. The van der Waals surface area contributed by atoms with Crippen LogP contribution in [0.5, 0.6) is 11.5 Å². The first-order valence-electron chi connectivity index (χ1n) is 20.9. The van der Waals surface area contributed by atoms with Crippen LogP contribution in [0.15, 0.2) is 200 Å². The highest BCUT2D eigenvalue weighted by Crippen LogP contribution is 2.40. The molecule has 1 radical (unpaired) electrons. The van der Waals surface area contributed by atoms with Gasteiger partial charge in [0.2, 0.25) is 0 Å². The lowest BCUT2D eigenvalue weighted by Crippen LogP contribution is -2.31. The van der Waals surface area contributed by atoms with Crippen molar-refractivity contribution in [1.82, 2.24) is 30.4 Å². The summed E-state index contributed by atoms with van der Waals surface area (Å²) in [6, 6.07) is 64.2. The highest BCUT2D eigenvalue weighted by atomic mass is 16.5. The van der Waals surface area contributed by atoms with E-state index in [2.05, 4.69) is 131 Å². The molecule has 2 heterocycles. The van der Waals surface area contributed by atoms with E-state index in [9.17, 15) is 5.11 Å². The van der Waals surface area contributed by atoms with Crippen molar-refractivity contribution in [2.75, 3.05) is 13.7 Å². The number of rotatable bonds is 13. The standard InChI is InChI=1S/C54H45N6O2/c1-58-45(35-59(57-58)36-50-47-20-10-8-18-42(47)32-43-19-9-11-21-48(43)50)37-62-46-30-26-39(27-31-46)34-55-33-38-24-28-44(29-25-38)60-53(41-16-6-3-7-17-41)52(40-14-4-2-5-15-40)56-54(60)49-22-12-13-23-51(49)61/h2-32,35,55,61H,33-34,36-37H2,1H3. The molecule has 0 fully saturated rings. The quantitative estimate of drug-likeness (QED) is 0.113. The minimum atomic E-state index is 0.182. The lowest BCUT2D eigenvalue weighted by atomic mass is 9.97. The van der Waals surface area contributed by atoms with Crippen LogP contribution < -0.4 is 15.6 Å². The summed E-state index contributed by atoms with van der Waals surface area (Å²) in [4.78, 5) is 5.22. The maximum atomic E-state index is 11.0. The lowest BCUT2D eigenvalue weighted by Gasteiger charge is -2.19. The molecule has 0 unspecified atom stereocenters. The van der Waals surface area contributed by atoms with Crippen LogP contribution >= 0.6 is 0 Å². The van der Waals surface area contributed by atoms with E-state index in [4.69, 9.17) is 15.3 Å². The topological polar surface area (TPSA) is 79.9 Å². The van der Waals surface area contributed by atoms with Crippen LogP contribution in [0.25, 0.3) is 61.1 Å². The van der Waals surface area contributed by atoms with E-state index in [-0.39, 0.29) is 5.75 Å². The Morgan fingerprint density at radius 3 is 1.85 bits per heavy atom. The Balaban J connectivity index is 0.801. The zero-order chi connectivity index (χ0) is 41.8. The number of hydrogen-bond donors (Lipinski definition) is 2. The molecule has 0 saturated heterocycles. The second kappa shape index (κ2) is 17.1. The highest BCUT2D eigenvalue weighted by molar-refractivity contribution is 6.02. The van der Waals surface area contributed by atoms with Crippen molar-refractivity contribution in [3.05, 3.63) is 217 Å². The number of imidazole rings is 1. The molecule has 2 N–H and O–H groups in total. The SMILES string of the molecule is CN1[N]N(Cc2c3ccccc3cc3ccccc23)C=C1COc1ccc(CNCc2ccc(-n3c(-c4ccccc4O)nc(-c4ccccc4)c3-c3ccccc3)cc2)cc1. The fraction of sp³-hybridized carbons (Fsp3) is 0.0926. The molecule has 0 saturated carbocycles. The second-order valence-electron chi connectivity index (χ2n) is 15.5. The Morgan fingerprint density at radius 2 is 1.19 bits per heavy atom. The van der Waals surface area contributed by atoms with Crippen molar-refractivity contribution in [1.29, 1.82) is 0 Å². The van der Waals surface area contributed by atoms with Gasteiger partial charge < -0.3 is 15.2 Å². The summed E-state index contributed by atoms with van der Waals surface area (Å²) in [6.45, 7) is 2.49. The summed E-state index contributed by atoms with van der Waals surface area (Å²) < 4.78 is 8.41. The molecule has 303 valence electrons. The Hall–Kier alpha value is -7.65. The molecule has 8 nitrogen and oxygen atoms in total. The molecule has 62 heavy (non-hydrogen) atoms. The predicted octanol–water partition coefficient (Wildman–Crippen LogP) is 11.3. The monoisotopic (exact) mass is 809 g/mol. The number of hydrogen-bond acceptors (Lipinski definition) is 6. The van der Waals surface area contributed by atoms with Gasteiger partial charge in [-0.25, -0.2) is 4.98 Å². The van der Waals surface area contributed by atoms with Crippen LogP contribution in [0.3, 0.4) is 0 Å². The highest BCUT2D eigenvalue weighted by Gasteiger charge is 2.24. The maximum absolute atomic E-state index is 11.0. The van der Waals surface area contributed by atoms with Crippen LogP contribution in [0.2, 0.25) is 0 Å². The van der Waals surface area contributed by atoms with E-state index in [0.29, 0.717) is 37.6 Å². The third-order valence-electron chi connectivity index (χ3n) is 11.4. The minimum Gasteiger partial charge on any atom is -0.507 e. The first-order chi connectivity index (χ1) is 30.6. The first-order valence-corrected chi connectivity index (χ1v) is 20.9. The fourth-order valence-electron chi connectivity index (χ4n) is 8.31. The maximum Gasteiger partial charge on any atom is 0.149 e. The fourth-order valence-corrected chi connectivity index (χ4v) is 8.31. The molecular weight excluding hydrogens is 765 g/mol. The largest absolute Gasteiger partial charge is 0.507 e. The number of nitrogens with zero attached hydrogens (tertiary/aromatic N) is 5. The van der Waals surface area contributed by atoms with E-state index in [1.165, 1.54) is 32.7 Å². The van der Waals surface area contributed by atoms with Gasteiger partial charge in [0.25, 0.3) is 0 Å². The average molecular weight is 810 g/mol. The van der Waals surface area contributed by atoms with Crippen molar-refractivity contribution in [2.24, 2.45) is 0 Å². The second-order valence-corrected chi connectivity index (χ2v) is 15.5. The number of benzene rings is 8. The van der Waals surface area contributed by atoms with E-state index < -0.39 is 0 Å². The molecule has 0 spiro atoms. The molecule has 0 amide bonds. The molecule has 0 atom stereocenters. The van der Waals surface area contributed by atoms with Gasteiger partial charge in [-0.15, -0.1) is 0 Å². The number of aromatic hydroxyl groups is 1. The van der Waals surface area contributed by atoms with Gasteiger partial charge >= 0.3 is 0 Å². The Labute approximate surface area is 361 Å². The number of nitrogens with one attached hydrogen (secondary N) is 1.